The highest BCUT2D eigenvalue weighted by Crippen LogP contribution is 2.33. The van der Waals surface area contributed by atoms with Crippen LogP contribution in [0.2, 0.25) is 0 Å². The topological polar surface area (TPSA) is 51.8 Å². The molecule has 1 unspecified atom stereocenters. The summed E-state index contributed by atoms with van der Waals surface area (Å²) in [6.45, 7) is 1.86. The normalized spacial score (nSPS) is 13.5. The molecule has 0 saturated carbocycles. The first kappa shape index (κ1) is 14.9. The molecule has 1 aromatic carbocycles. The predicted octanol–water partition coefficient (Wildman–Crippen LogP) is 3.31. The molecule has 3 nitrogen and oxygen atoms in total. The molecule has 0 aliphatic carbocycles. The van der Waals surface area contributed by atoms with Gasteiger partial charge in [-0.1, -0.05) is 17.5 Å². The summed E-state index contributed by atoms with van der Waals surface area (Å²) in [4.78, 5) is 0.631. The Morgan fingerprint density at radius 1 is 1.35 bits per heavy atom. The molecule has 1 heterocycles. The first-order valence-corrected chi connectivity index (χ1v) is 6.55. The number of halogens is 4. The van der Waals surface area contributed by atoms with E-state index in [1.165, 1.54) is 6.07 Å². The number of nitrogens with two attached hydrogens (primary N) is 1. The zero-order valence-corrected chi connectivity index (χ0v) is 11.2. The lowest BCUT2D eigenvalue weighted by molar-refractivity contribution is -0.140. The Bertz CT molecular complexity index is 609. The summed E-state index contributed by atoms with van der Waals surface area (Å²) in [5, 5.41) is 3.88. The molecule has 0 amide bonds. The van der Waals surface area contributed by atoms with Gasteiger partial charge in [-0.3, -0.25) is 0 Å². The van der Waals surface area contributed by atoms with Crippen molar-refractivity contribution in [1.82, 2.24) is 9.59 Å². The van der Waals surface area contributed by atoms with Crippen LogP contribution in [-0.2, 0) is 12.6 Å². The van der Waals surface area contributed by atoms with E-state index < -0.39 is 23.6 Å². The summed E-state index contributed by atoms with van der Waals surface area (Å²) < 4.78 is 54.7. The average Bonchev–Trinajstić information content (AvgIpc) is 2.84. The van der Waals surface area contributed by atoms with Crippen LogP contribution in [-0.4, -0.2) is 9.59 Å². The van der Waals surface area contributed by atoms with Crippen LogP contribution in [0.15, 0.2) is 18.2 Å². The largest absolute Gasteiger partial charge is 0.419 e. The molecule has 2 aromatic rings. The van der Waals surface area contributed by atoms with Crippen molar-refractivity contribution in [2.45, 2.75) is 25.6 Å². The Kier molecular flexibility index (Phi) is 4.05. The van der Waals surface area contributed by atoms with Crippen LogP contribution >= 0.6 is 11.5 Å². The number of rotatable bonds is 3. The van der Waals surface area contributed by atoms with Gasteiger partial charge in [0.1, 0.15) is 5.82 Å². The van der Waals surface area contributed by atoms with Gasteiger partial charge in [0.25, 0.3) is 0 Å². The zero-order chi connectivity index (χ0) is 14.9. The van der Waals surface area contributed by atoms with Crippen molar-refractivity contribution in [2.75, 3.05) is 0 Å². The molecular weight excluding hydrogens is 294 g/mol. The Morgan fingerprint density at radius 2 is 2.05 bits per heavy atom. The van der Waals surface area contributed by atoms with E-state index in [9.17, 15) is 17.6 Å². The second-order valence-electron chi connectivity index (χ2n) is 4.15. The first-order chi connectivity index (χ1) is 9.34. The summed E-state index contributed by atoms with van der Waals surface area (Å²) in [6, 6.07) is 1.95. The van der Waals surface area contributed by atoms with Gasteiger partial charge in [0.2, 0.25) is 0 Å². The molecule has 108 valence electrons. The molecule has 0 bridgehead atoms. The SMILES string of the molecule is CCc1nnsc1C(N)c1ccc(C(F)(F)F)c(F)c1. The molecule has 0 aliphatic heterocycles. The summed E-state index contributed by atoms with van der Waals surface area (Å²) in [7, 11) is 0. The molecule has 0 fully saturated rings. The third-order valence-electron chi connectivity index (χ3n) is 2.86. The number of nitrogens with zero attached hydrogens (tertiary/aromatic N) is 2. The summed E-state index contributed by atoms with van der Waals surface area (Å²) in [5.74, 6) is -1.33. The Hall–Kier alpha value is -1.54. The maximum atomic E-state index is 13.5. The van der Waals surface area contributed by atoms with Crippen molar-refractivity contribution in [3.05, 3.63) is 45.7 Å². The minimum Gasteiger partial charge on any atom is -0.319 e. The molecule has 0 radical (unpaired) electrons. The van der Waals surface area contributed by atoms with Gasteiger partial charge >= 0.3 is 6.18 Å². The highest BCUT2D eigenvalue weighted by molar-refractivity contribution is 7.05. The Balaban J connectivity index is 2.37. The molecule has 1 aromatic heterocycles. The lowest BCUT2D eigenvalue weighted by Crippen LogP contribution is -2.14. The number of hydrogen-bond acceptors (Lipinski definition) is 4. The average molecular weight is 305 g/mol. The van der Waals surface area contributed by atoms with Crippen LogP contribution in [0.1, 0.15) is 34.7 Å². The van der Waals surface area contributed by atoms with Gasteiger partial charge in [-0.2, -0.15) is 13.2 Å². The van der Waals surface area contributed by atoms with Crippen LogP contribution in [0.25, 0.3) is 0 Å². The van der Waals surface area contributed by atoms with Crippen LogP contribution < -0.4 is 5.73 Å². The number of hydrogen-bond donors (Lipinski definition) is 1. The van der Waals surface area contributed by atoms with Gasteiger partial charge in [0.15, 0.2) is 0 Å². The third kappa shape index (κ3) is 2.80. The van der Waals surface area contributed by atoms with Crippen molar-refractivity contribution in [3.8, 4) is 0 Å². The van der Waals surface area contributed by atoms with Crippen molar-refractivity contribution < 1.29 is 17.6 Å². The van der Waals surface area contributed by atoms with E-state index in [2.05, 4.69) is 9.59 Å². The van der Waals surface area contributed by atoms with Gasteiger partial charge in [0.05, 0.1) is 22.2 Å². The van der Waals surface area contributed by atoms with E-state index in [0.717, 1.165) is 17.6 Å². The monoisotopic (exact) mass is 305 g/mol. The maximum Gasteiger partial charge on any atom is 0.419 e. The van der Waals surface area contributed by atoms with E-state index in [0.29, 0.717) is 23.1 Å². The van der Waals surface area contributed by atoms with E-state index >= 15 is 0 Å². The Morgan fingerprint density at radius 3 is 2.60 bits per heavy atom. The van der Waals surface area contributed by atoms with E-state index in [-0.39, 0.29) is 5.56 Å². The lowest BCUT2D eigenvalue weighted by Gasteiger charge is -2.13. The van der Waals surface area contributed by atoms with Crippen LogP contribution in [0.4, 0.5) is 17.6 Å². The molecule has 0 aliphatic rings. The van der Waals surface area contributed by atoms with Gasteiger partial charge < -0.3 is 5.73 Å². The van der Waals surface area contributed by atoms with Crippen LogP contribution in [0.3, 0.4) is 0 Å². The highest BCUT2D eigenvalue weighted by atomic mass is 32.1. The molecule has 0 spiro atoms. The third-order valence-corrected chi connectivity index (χ3v) is 3.71. The predicted molar refractivity (Wildman–Crippen MR) is 66.7 cm³/mol. The molecule has 1 atom stereocenters. The number of aryl methyl sites for hydroxylation is 1. The fraction of sp³-hybridized carbons (Fsp3) is 0.333. The number of aromatic nitrogens is 2. The van der Waals surface area contributed by atoms with Crippen LogP contribution in [0, 0.1) is 5.82 Å². The fourth-order valence-corrected chi connectivity index (χ4v) is 2.57. The standard InChI is InChI=1S/C12H11F4N3S/c1-2-9-11(20-19-18-9)10(17)6-3-4-7(8(13)5-6)12(14,15)16/h3-5,10H,2,17H2,1H3. The molecular formula is C12H11F4N3S. The molecule has 0 saturated heterocycles. The van der Waals surface area contributed by atoms with Crippen LogP contribution in [0.5, 0.6) is 0 Å². The zero-order valence-electron chi connectivity index (χ0n) is 10.4. The van der Waals surface area contributed by atoms with Crippen molar-refractivity contribution in [1.29, 1.82) is 0 Å². The fourth-order valence-electron chi connectivity index (χ4n) is 1.80. The molecule has 2 rings (SSSR count). The highest BCUT2D eigenvalue weighted by Gasteiger charge is 2.34. The van der Waals surface area contributed by atoms with E-state index in [1.54, 1.807) is 0 Å². The van der Waals surface area contributed by atoms with Gasteiger partial charge in [0, 0.05) is 0 Å². The summed E-state index contributed by atoms with van der Waals surface area (Å²) in [5.41, 5.74) is 5.58. The van der Waals surface area contributed by atoms with Crippen molar-refractivity contribution in [2.24, 2.45) is 5.73 Å². The molecule has 8 heteroatoms. The minimum absolute atomic E-state index is 0.260. The lowest BCUT2D eigenvalue weighted by atomic mass is 10.0. The first-order valence-electron chi connectivity index (χ1n) is 5.78. The minimum atomic E-state index is -4.71. The van der Waals surface area contributed by atoms with Crippen molar-refractivity contribution in [3.63, 3.8) is 0 Å². The maximum absolute atomic E-state index is 13.5. The van der Waals surface area contributed by atoms with E-state index in [1.807, 2.05) is 6.92 Å². The number of alkyl halides is 3. The second kappa shape index (κ2) is 5.45. The Labute approximate surface area is 116 Å². The molecule has 20 heavy (non-hydrogen) atoms. The van der Waals surface area contributed by atoms with Gasteiger partial charge in [-0.15, -0.1) is 5.10 Å². The summed E-state index contributed by atoms with van der Waals surface area (Å²) in [6.07, 6.45) is -4.12. The molecule has 2 N–H and O–H groups in total. The van der Waals surface area contributed by atoms with Crippen molar-refractivity contribution >= 4 is 11.5 Å². The van der Waals surface area contributed by atoms with Gasteiger partial charge in [-0.05, 0) is 35.6 Å². The van der Waals surface area contributed by atoms with Gasteiger partial charge in [-0.25, -0.2) is 4.39 Å². The summed E-state index contributed by atoms with van der Waals surface area (Å²) >= 11 is 1.06. The quantitative estimate of drug-likeness (QED) is 0.885. The second-order valence-corrected chi connectivity index (χ2v) is 4.94. The van der Waals surface area contributed by atoms with E-state index in [4.69, 9.17) is 5.73 Å². The number of benzene rings is 1. The smallest absolute Gasteiger partial charge is 0.319 e.